The lowest BCUT2D eigenvalue weighted by Gasteiger charge is -2.55. The van der Waals surface area contributed by atoms with Crippen molar-refractivity contribution in [3.8, 4) is 0 Å². The van der Waals surface area contributed by atoms with Gasteiger partial charge in [-0.3, -0.25) is 4.90 Å². The van der Waals surface area contributed by atoms with Gasteiger partial charge in [0.15, 0.2) is 5.58 Å². The lowest BCUT2D eigenvalue weighted by atomic mass is 9.88. The average Bonchev–Trinajstić information content (AvgIpc) is 2.98. The summed E-state index contributed by atoms with van der Waals surface area (Å²) < 4.78 is 51.3. The molecule has 4 heterocycles. The van der Waals surface area contributed by atoms with E-state index in [0.717, 1.165) is 12.5 Å². The minimum atomic E-state index is -4.52. The zero-order chi connectivity index (χ0) is 20.4. The van der Waals surface area contributed by atoms with Crippen molar-refractivity contribution in [2.24, 2.45) is 0 Å². The maximum absolute atomic E-state index is 13.3. The number of carbonyl (C=O) groups excluding carboxylic acids is 1. The van der Waals surface area contributed by atoms with Gasteiger partial charge in [-0.15, -0.1) is 0 Å². The molecule has 2 unspecified atom stereocenters. The van der Waals surface area contributed by atoms with Crippen molar-refractivity contribution in [3.05, 3.63) is 22.2 Å². The maximum atomic E-state index is 13.3. The molecule has 3 aliphatic rings. The molecule has 0 spiro atoms. The van der Waals surface area contributed by atoms with Gasteiger partial charge in [-0.05, 0) is 55.3 Å². The van der Waals surface area contributed by atoms with Gasteiger partial charge in [-0.2, -0.15) is 18.2 Å². The van der Waals surface area contributed by atoms with Crippen LogP contribution in [0.4, 0.5) is 24.0 Å². The SMILES string of the molecule is CC(C)(C)OC(=O)N1C2CC1CN(c1nc3c(C(F)(F)F)ccc(Br)c3o1)C2. The number of fused-ring (bicyclic) bond motifs is 3. The molecule has 2 atom stereocenters. The van der Waals surface area contributed by atoms with E-state index >= 15 is 0 Å². The number of piperidine rings is 1. The lowest BCUT2D eigenvalue weighted by Crippen LogP contribution is -2.70. The number of aromatic nitrogens is 1. The summed E-state index contributed by atoms with van der Waals surface area (Å²) in [4.78, 5) is 20.0. The first-order chi connectivity index (χ1) is 12.9. The number of ether oxygens (including phenoxy) is 1. The van der Waals surface area contributed by atoms with Crippen LogP contribution in [0.3, 0.4) is 0 Å². The van der Waals surface area contributed by atoms with Crippen LogP contribution >= 0.6 is 15.9 Å². The number of carbonyl (C=O) groups is 1. The van der Waals surface area contributed by atoms with Gasteiger partial charge in [0.1, 0.15) is 11.1 Å². The van der Waals surface area contributed by atoms with E-state index in [2.05, 4.69) is 20.9 Å². The first kappa shape index (κ1) is 19.4. The number of benzene rings is 1. The molecule has 1 aromatic heterocycles. The highest BCUT2D eigenvalue weighted by Gasteiger charge is 2.49. The van der Waals surface area contributed by atoms with E-state index in [0.29, 0.717) is 17.6 Å². The fourth-order valence-electron chi connectivity index (χ4n) is 3.71. The van der Waals surface area contributed by atoms with Gasteiger partial charge in [0.05, 0.1) is 22.1 Å². The van der Waals surface area contributed by atoms with Gasteiger partial charge < -0.3 is 14.1 Å². The fourth-order valence-corrected chi connectivity index (χ4v) is 4.11. The third kappa shape index (κ3) is 3.31. The number of alkyl halides is 3. The molecule has 3 aliphatic heterocycles. The van der Waals surface area contributed by atoms with Crippen LogP contribution in [-0.2, 0) is 10.9 Å². The minimum absolute atomic E-state index is 0.0630. The number of anilines is 1. The summed E-state index contributed by atoms with van der Waals surface area (Å²) in [5.74, 6) is 0. The van der Waals surface area contributed by atoms with E-state index in [1.807, 2.05) is 0 Å². The number of piperazine rings is 1. The summed E-state index contributed by atoms with van der Waals surface area (Å²) in [5, 5.41) is 0. The predicted octanol–water partition coefficient (Wildman–Crippen LogP) is 4.81. The van der Waals surface area contributed by atoms with Crippen LogP contribution in [0.25, 0.3) is 11.1 Å². The van der Waals surface area contributed by atoms with Crippen LogP contribution in [0.1, 0.15) is 32.8 Å². The largest absolute Gasteiger partial charge is 0.444 e. The maximum Gasteiger partial charge on any atom is 0.418 e. The second kappa shape index (κ2) is 6.27. The summed E-state index contributed by atoms with van der Waals surface area (Å²) in [5.41, 5.74) is -1.58. The molecule has 0 saturated carbocycles. The molecule has 10 heteroatoms. The summed E-state index contributed by atoms with van der Waals surface area (Å²) in [6.07, 6.45) is -4.06. The Morgan fingerprint density at radius 1 is 1.25 bits per heavy atom. The Hall–Kier alpha value is -1.97. The van der Waals surface area contributed by atoms with Crippen LogP contribution in [0.5, 0.6) is 0 Å². The van der Waals surface area contributed by atoms with Gasteiger partial charge in [-0.25, -0.2) is 4.79 Å². The first-order valence-electron chi connectivity index (χ1n) is 8.86. The number of oxazole rings is 1. The van der Waals surface area contributed by atoms with Gasteiger partial charge in [-0.1, -0.05) is 0 Å². The average molecular weight is 462 g/mol. The second-order valence-corrected chi connectivity index (χ2v) is 8.96. The van der Waals surface area contributed by atoms with E-state index in [4.69, 9.17) is 9.15 Å². The molecular weight excluding hydrogens is 443 g/mol. The zero-order valence-electron chi connectivity index (χ0n) is 15.5. The highest BCUT2D eigenvalue weighted by Crippen LogP contribution is 2.41. The van der Waals surface area contributed by atoms with Crippen molar-refractivity contribution in [1.29, 1.82) is 0 Å². The quantitative estimate of drug-likeness (QED) is 0.609. The van der Waals surface area contributed by atoms with Crippen LogP contribution < -0.4 is 4.90 Å². The van der Waals surface area contributed by atoms with Crippen molar-refractivity contribution >= 4 is 39.1 Å². The van der Waals surface area contributed by atoms with Gasteiger partial charge >= 0.3 is 12.3 Å². The Bertz CT molecular complexity index is 926. The topological polar surface area (TPSA) is 58.8 Å². The molecule has 6 nitrogen and oxygen atoms in total. The molecule has 152 valence electrons. The van der Waals surface area contributed by atoms with Crippen LogP contribution in [0.15, 0.2) is 21.0 Å². The summed E-state index contributed by atoms with van der Waals surface area (Å²) in [7, 11) is 0. The molecule has 2 bridgehead atoms. The molecular formula is C18H19BrF3N3O3. The smallest absolute Gasteiger partial charge is 0.418 e. The number of nitrogens with zero attached hydrogens (tertiary/aromatic N) is 3. The normalized spacial score (nSPS) is 22.4. The Labute approximate surface area is 167 Å². The zero-order valence-corrected chi connectivity index (χ0v) is 17.1. The summed E-state index contributed by atoms with van der Waals surface area (Å²) >= 11 is 3.22. The van der Waals surface area contributed by atoms with Gasteiger partial charge in [0, 0.05) is 13.1 Å². The van der Waals surface area contributed by atoms with Crippen LogP contribution in [0.2, 0.25) is 0 Å². The Morgan fingerprint density at radius 2 is 1.89 bits per heavy atom. The molecule has 3 saturated heterocycles. The molecule has 0 aliphatic carbocycles. The van der Waals surface area contributed by atoms with Gasteiger partial charge in [0.2, 0.25) is 0 Å². The number of hydrogen-bond acceptors (Lipinski definition) is 5. The van der Waals surface area contributed by atoms with E-state index in [9.17, 15) is 18.0 Å². The minimum Gasteiger partial charge on any atom is -0.444 e. The predicted molar refractivity (Wildman–Crippen MR) is 99.2 cm³/mol. The van der Waals surface area contributed by atoms with Crippen molar-refractivity contribution in [2.45, 2.75) is 51.1 Å². The number of hydrogen-bond donors (Lipinski definition) is 0. The highest BCUT2D eigenvalue weighted by atomic mass is 79.9. The third-order valence-corrected chi connectivity index (χ3v) is 5.48. The molecule has 5 rings (SSSR count). The molecule has 1 amide bonds. The lowest BCUT2D eigenvalue weighted by molar-refractivity contribution is -0.136. The van der Waals surface area contributed by atoms with Crippen molar-refractivity contribution in [3.63, 3.8) is 0 Å². The molecule has 3 fully saturated rings. The van der Waals surface area contributed by atoms with E-state index in [1.165, 1.54) is 6.07 Å². The van der Waals surface area contributed by atoms with Crippen LogP contribution in [0, 0.1) is 0 Å². The van der Waals surface area contributed by atoms with Crippen LogP contribution in [-0.4, -0.2) is 46.8 Å². The molecule has 0 N–H and O–H groups in total. The monoisotopic (exact) mass is 461 g/mol. The third-order valence-electron chi connectivity index (χ3n) is 4.86. The standard InChI is InChI=1S/C18H19BrF3N3O3/c1-17(2,3)28-16(26)25-9-6-10(25)8-24(7-9)15-23-13-11(18(20,21)22)4-5-12(19)14(13)27-15/h4-5,9-10H,6-8H2,1-3H3. The second-order valence-electron chi connectivity index (χ2n) is 8.10. The van der Waals surface area contributed by atoms with E-state index < -0.39 is 17.3 Å². The molecule has 0 radical (unpaired) electrons. The molecule has 2 aromatic rings. The summed E-state index contributed by atoms with van der Waals surface area (Å²) in [6, 6.07) is 2.27. The van der Waals surface area contributed by atoms with Gasteiger partial charge in [0.25, 0.3) is 6.01 Å². The van der Waals surface area contributed by atoms with E-state index in [-0.39, 0.29) is 35.3 Å². The Morgan fingerprint density at radius 3 is 2.46 bits per heavy atom. The van der Waals surface area contributed by atoms with Crippen molar-refractivity contribution in [1.82, 2.24) is 9.88 Å². The van der Waals surface area contributed by atoms with Crippen molar-refractivity contribution in [2.75, 3.05) is 18.0 Å². The number of rotatable bonds is 1. The van der Waals surface area contributed by atoms with E-state index in [1.54, 1.807) is 30.6 Å². The fraction of sp³-hybridized carbons (Fsp3) is 0.556. The summed E-state index contributed by atoms with van der Waals surface area (Å²) in [6.45, 7) is 6.28. The molecule has 1 aromatic carbocycles. The first-order valence-corrected chi connectivity index (χ1v) is 9.66. The highest BCUT2D eigenvalue weighted by molar-refractivity contribution is 9.10. The number of amides is 1. The Kier molecular flexibility index (Phi) is 4.33. The Balaban J connectivity index is 1.57. The number of halogens is 4. The van der Waals surface area contributed by atoms with Crippen molar-refractivity contribution < 1.29 is 27.1 Å². The molecule has 28 heavy (non-hydrogen) atoms.